The molecule has 3 aromatic rings. The Morgan fingerprint density at radius 3 is 2.12 bits per heavy atom. The van der Waals surface area contributed by atoms with E-state index < -0.39 is 10.8 Å². The third-order valence-electron chi connectivity index (χ3n) is 4.54. The number of rotatable bonds is 9. The van der Waals surface area contributed by atoms with Crippen LogP contribution in [0.1, 0.15) is 27.1 Å². The van der Waals surface area contributed by atoms with Gasteiger partial charge in [-0.25, -0.2) is 0 Å². The van der Waals surface area contributed by atoms with E-state index in [0.29, 0.717) is 24.2 Å². The Labute approximate surface area is 184 Å². The number of para-hydroxylation sites is 1. The Morgan fingerprint density at radius 1 is 0.844 bits per heavy atom. The number of phenolic OH excluding ortho intramolecular Hbond substituents is 1. The summed E-state index contributed by atoms with van der Waals surface area (Å²) in [4.78, 5) is 35.3. The summed E-state index contributed by atoms with van der Waals surface area (Å²) >= 11 is 0. The minimum atomic E-state index is -0.543. The number of phenols is 1. The van der Waals surface area contributed by atoms with Gasteiger partial charge >= 0.3 is 0 Å². The minimum Gasteiger partial charge on any atom is -0.508 e. The van der Waals surface area contributed by atoms with Crippen LogP contribution in [-0.2, 0) is 0 Å². The summed E-state index contributed by atoms with van der Waals surface area (Å²) < 4.78 is 0. The lowest BCUT2D eigenvalue weighted by molar-refractivity contribution is -0.383. The molecule has 3 rings (SSSR count). The molecule has 0 atom stereocenters. The summed E-state index contributed by atoms with van der Waals surface area (Å²) in [7, 11) is 0. The quantitative estimate of drug-likeness (QED) is 0.231. The van der Waals surface area contributed by atoms with Gasteiger partial charge in [-0.2, -0.15) is 0 Å². The summed E-state index contributed by atoms with van der Waals surface area (Å²) in [5.74, 6) is -0.771. The predicted octanol–water partition coefficient (Wildman–Crippen LogP) is 3.59. The molecule has 9 heteroatoms. The molecule has 0 bridgehead atoms. The fourth-order valence-electron chi connectivity index (χ4n) is 2.95. The van der Waals surface area contributed by atoms with Gasteiger partial charge in [0.2, 0.25) is 0 Å². The van der Waals surface area contributed by atoms with Gasteiger partial charge in [0, 0.05) is 36.0 Å². The SMILES string of the molecule is O=C(NCCCNC(=O)c1ccc(Nc2ccccc2)c([N+](=O)[O-])c1)c1cccc(O)c1. The van der Waals surface area contributed by atoms with Crippen LogP contribution in [0.5, 0.6) is 5.75 Å². The Hall–Kier alpha value is -4.40. The third kappa shape index (κ3) is 6.05. The van der Waals surface area contributed by atoms with Gasteiger partial charge in [0.05, 0.1) is 4.92 Å². The molecular weight excluding hydrogens is 412 g/mol. The molecule has 0 heterocycles. The van der Waals surface area contributed by atoms with Gasteiger partial charge in [-0.3, -0.25) is 19.7 Å². The van der Waals surface area contributed by atoms with Gasteiger partial charge in [-0.15, -0.1) is 0 Å². The minimum absolute atomic E-state index is 0.00370. The van der Waals surface area contributed by atoms with Gasteiger partial charge in [-0.05, 0) is 48.9 Å². The number of nitro benzene ring substituents is 1. The summed E-state index contributed by atoms with van der Waals surface area (Å²) in [6, 6.07) is 19.2. The molecule has 3 aromatic carbocycles. The molecule has 2 amide bonds. The highest BCUT2D eigenvalue weighted by Crippen LogP contribution is 2.28. The maximum atomic E-state index is 12.4. The Bertz CT molecular complexity index is 1120. The Morgan fingerprint density at radius 2 is 1.50 bits per heavy atom. The number of amides is 2. The first-order valence-corrected chi connectivity index (χ1v) is 9.90. The number of hydrogen-bond donors (Lipinski definition) is 4. The van der Waals surface area contributed by atoms with Crippen molar-refractivity contribution in [1.82, 2.24) is 10.6 Å². The largest absolute Gasteiger partial charge is 0.508 e. The van der Waals surface area contributed by atoms with E-state index in [1.807, 2.05) is 18.2 Å². The first kappa shape index (κ1) is 22.3. The number of nitro groups is 1. The van der Waals surface area contributed by atoms with Crippen molar-refractivity contribution in [3.63, 3.8) is 0 Å². The van der Waals surface area contributed by atoms with Crippen molar-refractivity contribution in [2.45, 2.75) is 6.42 Å². The van der Waals surface area contributed by atoms with Crippen molar-refractivity contribution in [3.05, 3.63) is 94.0 Å². The van der Waals surface area contributed by atoms with Gasteiger partial charge < -0.3 is 21.1 Å². The smallest absolute Gasteiger partial charge is 0.293 e. The van der Waals surface area contributed by atoms with E-state index in [9.17, 15) is 24.8 Å². The molecule has 32 heavy (non-hydrogen) atoms. The average molecular weight is 434 g/mol. The van der Waals surface area contributed by atoms with E-state index in [2.05, 4.69) is 16.0 Å². The highest BCUT2D eigenvalue weighted by molar-refractivity contribution is 5.96. The van der Waals surface area contributed by atoms with E-state index in [1.54, 1.807) is 24.3 Å². The number of nitrogens with zero attached hydrogens (tertiary/aromatic N) is 1. The summed E-state index contributed by atoms with van der Waals surface area (Å²) in [6.07, 6.45) is 0.464. The number of hydrogen-bond acceptors (Lipinski definition) is 6. The molecule has 0 aliphatic carbocycles. The molecule has 9 nitrogen and oxygen atoms in total. The zero-order valence-corrected chi connectivity index (χ0v) is 17.1. The van der Waals surface area contributed by atoms with Gasteiger partial charge in [0.1, 0.15) is 11.4 Å². The van der Waals surface area contributed by atoms with Crippen LogP contribution in [0.25, 0.3) is 0 Å². The molecule has 0 saturated carbocycles. The molecule has 0 aromatic heterocycles. The summed E-state index contributed by atoms with van der Waals surface area (Å²) in [5, 5.41) is 29.2. The van der Waals surface area contributed by atoms with Gasteiger partial charge in [0.15, 0.2) is 0 Å². The molecule has 0 aliphatic rings. The second-order valence-electron chi connectivity index (χ2n) is 6.90. The lowest BCUT2D eigenvalue weighted by atomic mass is 10.1. The lowest BCUT2D eigenvalue weighted by Gasteiger charge is -2.10. The highest BCUT2D eigenvalue weighted by Gasteiger charge is 2.17. The van der Waals surface area contributed by atoms with E-state index >= 15 is 0 Å². The Balaban J connectivity index is 1.52. The Kier molecular flexibility index (Phi) is 7.37. The molecule has 4 N–H and O–H groups in total. The maximum absolute atomic E-state index is 12.4. The number of carbonyl (C=O) groups excluding carboxylic acids is 2. The molecular formula is C23H22N4O5. The average Bonchev–Trinajstić information content (AvgIpc) is 2.79. The van der Waals surface area contributed by atoms with E-state index in [-0.39, 0.29) is 35.1 Å². The van der Waals surface area contributed by atoms with Crippen LogP contribution in [0.3, 0.4) is 0 Å². The molecule has 0 aliphatic heterocycles. The van der Waals surface area contributed by atoms with Crippen molar-refractivity contribution < 1.29 is 19.6 Å². The topological polar surface area (TPSA) is 134 Å². The monoisotopic (exact) mass is 434 g/mol. The molecule has 0 spiro atoms. The zero-order valence-electron chi connectivity index (χ0n) is 17.1. The normalized spacial score (nSPS) is 10.2. The maximum Gasteiger partial charge on any atom is 0.293 e. The zero-order chi connectivity index (χ0) is 22.9. The van der Waals surface area contributed by atoms with Crippen LogP contribution in [0.15, 0.2) is 72.8 Å². The number of nitrogens with one attached hydrogen (secondary N) is 3. The van der Waals surface area contributed by atoms with E-state index in [1.165, 1.54) is 30.3 Å². The van der Waals surface area contributed by atoms with E-state index in [4.69, 9.17) is 0 Å². The first-order valence-electron chi connectivity index (χ1n) is 9.90. The molecule has 0 unspecified atom stereocenters. The second kappa shape index (κ2) is 10.6. The summed E-state index contributed by atoms with van der Waals surface area (Å²) in [5.41, 5.74) is 1.28. The number of carbonyl (C=O) groups is 2. The first-order chi connectivity index (χ1) is 15.4. The van der Waals surface area contributed by atoms with Crippen LogP contribution in [-0.4, -0.2) is 34.9 Å². The highest BCUT2D eigenvalue weighted by atomic mass is 16.6. The van der Waals surface area contributed by atoms with E-state index in [0.717, 1.165) is 0 Å². The predicted molar refractivity (Wildman–Crippen MR) is 120 cm³/mol. The van der Waals surface area contributed by atoms with Crippen LogP contribution in [0.4, 0.5) is 17.1 Å². The fraction of sp³-hybridized carbons (Fsp3) is 0.130. The molecule has 0 fully saturated rings. The lowest BCUT2D eigenvalue weighted by Crippen LogP contribution is -2.29. The van der Waals surface area contributed by atoms with Crippen LogP contribution < -0.4 is 16.0 Å². The number of anilines is 2. The van der Waals surface area contributed by atoms with Crippen LogP contribution in [0.2, 0.25) is 0 Å². The van der Waals surface area contributed by atoms with Crippen molar-refractivity contribution in [2.75, 3.05) is 18.4 Å². The van der Waals surface area contributed by atoms with Crippen LogP contribution >= 0.6 is 0 Å². The van der Waals surface area contributed by atoms with Gasteiger partial charge in [0.25, 0.3) is 17.5 Å². The van der Waals surface area contributed by atoms with Crippen molar-refractivity contribution in [3.8, 4) is 5.75 Å². The second-order valence-corrected chi connectivity index (χ2v) is 6.90. The number of benzene rings is 3. The molecule has 0 radical (unpaired) electrons. The van der Waals surface area contributed by atoms with Crippen LogP contribution in [0, 0.1) is 10.1 Å². The standard InChI is InChI=1S/C23H22N4O5/c28-19-9-4-6-16(14-19)22(29)24-12-5-13-25-23(30)17-10-11-20(21(15-17)27(31)32)26-18-7-2-1-3-8-18/h1-4,6-11,14-15,26,28H,5,12-13H2,(H,24,29)(H,25,30). The molecule has 164 valence electrons. The molecule has 0 saturated heterocycles. The van der Waals surface area contributed by atoms with Crippen molar-refractivity contribution >= 4 is 28.9 Å². The van der Waals surface area contributed by atoms with Gasteiger partial charge in [-0.1, -0.05) is 24.3 Å². The van der Waals surface area contributed by atoms with Crippen molar-refractivity contribution in [2.24, 2.45) is 0 Å². The number of aromatic hydroxyl groups is 1. The third-order valence-corrected chi connectivity index (χ3v) is 4.54. The fourth-order valence-corrected chi connectivity index (χ4v) is 2.95. The van der Waals surface area contributed by atoms with Crippen molar-refractivity contribution in [1.29, 1.82) is 0 Å². The summed E-state index contributed by atoms with van der Waals surface area (Å²) in [6.45, 7) is 0.589.